The number of hydrogen-bond acceptors (Lipinski definition) is 5. The van der Waals surface area contributed by atoms with Crippen molar-refractivity contribution in [2.24, 2.45) is 11.3 Å². The summed E-state index contributed by atoms with van der Waals surface area (Å²) in [5, 5.41) is 2.91. The van der Waals surface area contributed by atoms with Gasteiger partial charge in [0.05, 0.1) is 25.6 Å². The molecule has 0 amide bonds. The lowest BCUT2D eigenvalue weighted by Gasteiger charge is -2.41. The number of carbonyl (C=O) groups is 2. The third-order valence-corrected chi connectivity index (χ3v) is 4.69. The van der Waals surface area contributed by atoms with Gasteiger partial charge in [0.25, 0.3) is 0 Å². The van der Waals surface area contributed by atoms with E-state index in [2.05, 4.69) is 10.1 Å². The van der Waals surface area contributed by atoms with E-state index in [0.717, 1.165) is 14.2 Å². The second-order valence-corrected chi connectivity index (χ2v) is 6.62. The summed E-state index contributed by atoms with van der Waals surface area (Å²) in [5.41, 5.74) is -1.05. The first kappa shape index (κ1) is 20.1. The molecular weight excluding hydrogens is 351 g/mol. The minimum Gasteiger partial charge on any atom is -0.469 e. The summed E-state index contributed by atoms with van der Waals surface area (Å²) >= 11 is 0. The Bertz CT molecular complexity index is 668. The average molecular weight is 373 g/mol. The minimum absolute atomic E-state index is 0.0132. The van der Waals surface area contributed by atoms with Crippen molar-refractivity contribution in [3.63, 3.8) is 0 Å². The van der Waals surface area contributed by atoms with Crippen molar-refractivity contribution >= 4 is 17.6 Å². The summed E-state index contributed by atoms with van der Waals surface area (Å²) < 4.78 is 51.1. The highest BCUT2D eigenvalue weighted by Gasteiger charge is 2.55. The van der Waals surface area contributed by atoms with Crippen molar-refractivity contribution in [1.82, 2.24) is 0 Å². The summed E-state index contributed by atoms with van der Waals surface area (Å²) in [5.74, 6) is -6.27. The van der Waals surface area contributed by atoms with Crippen LogP contribution in [0.25, 0.3) is 0 Å². The number of nitrogens with one attached hydrogen (secondary N) is 1. The first-order valence-electron chi connectivity index (χ1n) is 8.25. The number of ether oxygens (including phenoxy) is 2. The van der Waals surface area contributed by atoms with Crippen molar-refractivity contribution in [3.8, 4) is 0 Å². The molecule has 1 fully saturated rings. The Balaban J connectivity index is 2.18. The Kier molecular flexibility index (Phi) is 6.15. The maximum absolute atomic E-state index is 14.3. The quantitative estimate of drug-likeness (QED) is 0.775. The fraction of sp³-hybridized carbons (Fsp3) is 0.556. The largest absolute Gasteiger partial charge is 0.469 e. The number of anilines is 1. The van der Waals surface area contributed by atoms with Gasteiger partial charge in [0.15, 0.2) is 0 Å². The molecule has 1 aliphatic rings. The van der Waals surface area contributed by atoms with Crippen LogP contribution in [0.3, 0.4) is 0 Å². The summed E-state index contributed by atoms with van der Waals surface area (Å²) in [6, 6.07) is 5.68. The van der Waals surface area contributed by atoms with Crippen LogP contribution in [0, 0.1) is 17.2 Å². The van der Waals surface area contributed by atoms with E-state index in [9.17, 15) is 22.8 Å². The van der Waals surface area contributed by atoms with Gasteiger partial charge in [-0.1, -0.05) is 6.07 Å². The van der Waals surface area contributed by atoms with Crippen LogP contribution in [0.4, 0.5) is 18.9 Å². The zero-order valence-corrected chi connectivity index (χ0v) is 14.7. The van der Waals surface area contributed by atoms with Gasteiger partial charge in [0, 0.05) is 25.1 Å². The highest BCUT2D eigenvalue weighted by Crippen LogP contribution is 2.50. The average Bonchev–Trinajstić information content (AvgIpc) is 2.59. The van der Waals surface area contributed by atoms with Crippen molar-refractivity contribution in [2.75, 3.05) is 26.1 Å². The van der Waals surface area contributed by atoms with E-state index in [1.54, 1.807) is 6.07 Å². The van der Waals surface area contributed by atoms with Crippen LogP contribution in [0.5, 0.6) is 0 Å². The molecule has 1 aromatic rings. The molecule has 1 aliphatic carbocycles. The fourth-order valence-electron chi connectivity index (χ4n) is 3.59. The van der Waals surface area contributed by atoms with Crippen LogP contribution in [-0.2, 0) is 19.1 Å². The highest BCUT2D eigenvalue weighted by atomic mass is 19.3. The Morgan fingerprint density at radius 3 is 2.58 bits per heavy atom. The molecule has 8 heteroatoms. The van der Waals surface area contributed by atoms with E-state index in [4.69, 9.17) is 4.74 Å². The molecule has 26 heavy (non-hydrogen) atoms. The Morgan fingerprint density at radius 1 is 1.23 bits per heavy atom. The van der Waals surface area contributed by atoms with Crippen LogP contribution in [-0.4, -0.2) is 38.6 Å². The van der Waals surface area contributed by atoms with E-state index in [-0.39, 0.29) is 19.4 Å². The fourth-order valence-corrected chi connectivity index (χ4v) is 3.59. The third kappa shape index (κ3) is 4.68. The topological polar surface area (TPSA) is 64.6 Å². The SMILES string of the molecule is COC(=O)[C@@H]1CC(F)(F)C[C@@](CCNc2cccc(F)c2)(C(=O)OC)C1. The zero-order valence-electron chi connectivity index (χ0n) is 14.7. The molecule has 0 bridgehead atoms. The van der Waals surface area contributed by atoms with Crippen molar-refractivity contribution in [1.29, 1.82) is 0 Å². The van der Waals surface area contributed by atoms with E-state index >= 15 is 0 Å². The van der Waals surface area contributed by atoms with Gasteiger partial charge < -0.3 is 14.8 Å². The first-order chi connectivity index (χ1) is 12.2. The van der Waals surface area contributed by atoms with Crippen LogP contribution in [0.2, 0.25) is 0 Å². The summed E-state index contributed by atoms with van der Waals surface area (Å²) in [6.07, 6.45) is -1.42. The lowest BCUT2D eigenvalue weighted by Crippen LogP contribution is -2.48. The number of benzene rings is 1. The number of halogens is 3. The molecule has 0 heterocycles. The molecule has 0 aliphatic heterocycles. The second-order valence-electron chi connectivity index (χ2n) is 6.62. The lowest BCUT2D eigenvalue weighted by atomic mass is 9.66. The van der Waals surface area contributed by atoms with Gasteiger partial charge in [-0.2, -0.15) is 0 Å². The number of esters is 2. The third-order valence-electron chi connectivity index (χ3n) is 4.69. The van der Waals surface area contributed by atoms with Gasteiger partial charge in [-0.05, 0) is 31.0 Å². The predicted octanol–water partition coefficient (Wildman–Crippen LogP) is 3.40. The van der Waals surface area contributed by atoms with Crippen LogP contribution >= 0.6 is 0 Å². The van der Waals surface area contributed by atoms with Crippen molar-refractivity contribution in [3.05, 3.63) is 30.1 Å². The maximum Gasteiger partial charge on any atom is 0.312 e. The Hall–Kier alpha value is -2.25. The van der Waals surface area contributed by atoms with Gasteiger partial charge in [0.1, 0.15) is 5.82 Å². The zero-order chi connectivity index (χ0) is 19.4. The van der Waals surface area contributed by atoms with E-state index in [1.807, 2.05) is 0 Å². The van der Waals surface area contributed by atoms with Crippen molar-refractivity contribution in [2.45, 2.75) is 31.6 Å². The van der Waals surface area contributed by atoms with Gasteiger partial charge in [-0.3, -0.25) is 9.59 Å². The van der Waals surface area contributed by atoms with Crippen LogP contribution in [0.1, 0.15) is 25.7 Å². The molecule has 5 nitrogen and oxygen atoms in total. The van der Waals surface area contributed by atoms with Gasteiger partial charge in [-0.25, -0.2) is 13.2 Å². The smallest absolute Gasteiger partial charge is 0.312 e. The summed E-state index contributed by atoms with van der Waals surface area (Å²) in [7, 11) is 2.25. The molecule has 0 aromatic heterocycles. The van der Waals surface area contributed by atoms with Crippen molar-refractivity contribution < 1.29 is 32.2 Å². The number of methoxy groups -OCH3 is 2. The predicted molar refractivity (Wildman–Crippen MR) is 88.3 cm³/mol. The van der Waals surface area contributed by atoms with E-state index in [0.29, 0.717) is 5.69 Å². The monoisotopic (exact) mass is 373 g/mol. The summed E-state index contributed by atoms with van der Waals surface area (Å²) in [4.78, 5) is 24.2. The normalized spacial score (nSPS) is 24.6. The molecule has 1 aromatic carbocycles. The highest BCUT2D eigenvalue weighted by molar-refractivity contribution is 5.80. The lowest BCUT2D eigenvalue weighted by molar-refractivity contribution is -0.177. The number of hydrogen-bond donors (Lipinski definition) is 1. The first-order valence-corrected chi connectivity index (χ1v) is 8.25. The van der Waals surface area contributed by atoms with E-state index < -0.39 is 47.9 Å². The van der Waals surface area contributed by atoms with Gasteiger partial charge in [-0.15, -0.1) is 0 Å². The number of carbonyl (C=O) groups excluding carboxylic acids is 2. The second kappa shape index (κ2) is 7.97. The van der Waals surface area contributed by atoms with E-state index in [1.165, 1.54) is 18.2 Å². The number of alkyl halides is 2. The van der Waals surface area contributed by atoms with Gasteiger partial charge >= 0.3 is 11.9 Å². The molecule has 0 spiro atoms. The molecule has 2 rings (SSSR count). The molecule has 144 valence electrons. The molecule has 0 radical (unpaired) electrons. The molecule has 1 saturated carbocycles. The standard InChI is InChI=1S/C18H22F3NO4/c1-25-15(23)12-9-17(16(24)26-2,11-18(20,21)10-12)6-7-22-14-5-3-4-13(19)8-14/h3-5,8,12,22H,6-7,9-11H2,1-2H3/t12-,17-/m0/s1. The van der Waals surface area contributed by atoms with Gasteiger partial charge in [0.2, 0.25) is 5.92 Å². The summed E-state index contributed by atoms with van der Waals surface area (Å²) in [6.45, 7) is 0.141. The minimum atomic E-state index is -3.19. The molecule has 0 saturated heterocycles. The Morgan fingerprint density at radius 2 is 1.96 bits per heavy atom. The number of rotatable bonds is 6. The van der Waals surface area contributed by atoms with Crippen LogP contribution < -0.4 is 5.32 Å². The molecule has 1 N–H and O–H groups in total. The van der Waals surface area contributed by atoms with Crippen LogP contribution in [0.15, 0.2) is 24.3 Å². The molecule has 2 atom stereocenters. The molecular formula is C18H22F3NO4. The maximum atomic E-state index is 14.3. The molecule has 0 unspecified atom stereocenters. The Labute approximate surface area is 149 Å².